The number of piperidine rings is 1. The van der Waals surface area contributed by atoms with Crippen LogP contribution in [0, 0.1) is 18.3 Å². The molecule has 3 heterocycles. The maximum Gasteiger partial charge on any atom is 0.228 e. The molecule has 0 bridgehead atoms. The molecule has 2 aromatic rings. The second-order valence-electron chi connectivity index (χ2n) is 8.08. The van der Waals surface area contributed by atoms with E-state index in [1.807, 2.05) is 19.1 Å². The minimum Gasteiger partial charge on any atom is -0.326 e. The van der Waals surface area contributed by atoms with Crippen LogP contribution in [0.15, 0.2) is 18.2 Å². The van der Waals surface area contributed by atoms with Gasteiger partial charge in [0.2, 0.25) is 5.91 Å². The largest absolute Gasteiger partial charge is 0.326 e. The number of thiazole rings is 1. The summed E-state index contributed by atoms with van der Waals surface area (Å²) in [6, 6.07) is 6.87. The number of carbonyl (C=O) groups excluding carboxylic acids is 1. The molecule has 2 saturated heterocycles. The molecule has 6 heteroatoms. The minimum absolute atomic E-state index is 0.204. The summed E-state index contributed by atoms with van der Waals surface area (Å²) in [5, 5.41) is 4.22. The van der Waals surface area contributed by atoms with Gasteiger partial charge in [-0.1, -0.05) is 0 Å². The van der Waals surface area contributed by atoms with E-state index in [1.165, 1.54) is 48.6 Å². The Kier molecular flexibility index (Phi) is 4.25. The Labute approximate surface area is 162 Å². The van der Waals surface area contributed by atoms with E-state index in [0.29, 0.717) is 0 Å². The Bertz CT molecular complexity index is 835. The molecule has 0 radical (unpaired) electrons. The van der Waals surface area contributed by atoms with Crippen molar-refractivity contribution in [3.8, 4) is 0 Å². The van der Waals surface area contributed by atoms with Crippen molar-refractivity contribution < 1.29 is 4.79 Å². The number of rotatable bonds is 3. The van der Waals surface area contributed by atoms with Crippen molar-refractivity contribution in [3.63, 3.8) is 0 Å². The van der Waals surface area contributed by atoms with Gasteiger partial charge in [-0.15, -0.1) is 11.3 Å². The molecule has 0 unspecified atom stereocenters. The zero-order valence-electron chi connectivity index (χ0n) is 15.2. The molecule has 1 aromatic carbocycles. The van der Waals surface area contributed by atoms with Gasteiger partial charge in [0, 0.05) is 23.4 Å². The van der Waals surface area contributed by atoms with Gasteiger partial charge in [0.25, 0.3) is 0 Å². The Morgan fingerprint density at radius 1 is 1.35 bits per heavy atom. The van der Waals surface area contributed by atoms with Gasteiger partial charge in [-0.25, -0.2) is 4.98 Å². The first-order valence-corrected chi connectivity index (χ1v) is 11.6. The highest BCUT2D eigenvalue weighted by molar-refractivity contribution is 7.99. The van der Waals surface area contributed by atoms with E-state index in [9.17, 15) is 4.79 Å². The lowest BCUT2D eigenvalue weighted by molar-refractivity contribution is -0.118. The van der Waals surface area contributed by atoms with Gasteiger partial charge in [-0.05, 0) is 75.1 Å². The van der Waals surface area contributed by atoms with Crippen LogP contribution in [-0.4, -0.2) is 46.4 Å². The highest BCUT2D eigenvalue weighted by Gasteiger charge is 2.58. The summed E-state index contributed by atoms with van der Waals surface area (Å²) in [6.45, 7) is 4.38. The van der Waals surface area contributed by atoms with Crippen molar-refractivity contribution in [2.75, 3.05) is 29.9 Å². The molecule has 1 saturated carbocycles. The summed E-state index contributed by atoms with van der Waals surface area (Å²) >= 11 is 3.79. The van der Waals surface area contributed by atoms with E-state index < -0.39 is 0 Å². The Balaban J connectivity index is 1.20. The fraction of sp³-hybridized carbons (Fsp3) is 0.600. The van der Waals surface area contributed by atoms with Crippen LogP contribution in [0.4, 0.5) is 5.69 Å². The molecule has 3 aliphatic rings. The molecular formula is C20H25N3OS2. The van der Waals surface area contributed by atoms with Crippen molar-refractivity contribution in [3.05, 3.63) is 23.2 Å². The van der Waals surface area contributed by atoms with Crippen molar-refractivity contribution in [1.82, 2.24) is 9.88 Å². The maximum absolute atomic E-state index is 12.8. The number of thioether (sulfide) groups is 1. The standard InChI is InChI=1S/C20H25N3OS2/c1-13-21-17-10-14(2-3-18(17)26-13)22-19(24)16-11-20(16)5-7-23(8-6-20)15-4-9-25-12-15/h2-3,10,15-16H,4-9,11-12H2,1H3,(H,22,24)/t15-,16+/m0/s1. The van der Waals surface area contributed by atoms with Gasteiger partial charge < -0.3 is 5.32 Å². The fourth-order valence-electron chi connectivity index (χ4n) is 4.77. The topological polar surface area (TPSA) is 45.2 Å². The highest BCUT2D eigenvalue weighted by Crippen LogP contribution is 2.60. The SMILES string of the molecule is Cc1nc2cc(NC(=O)[C@H]3CC34CCN([C@H]3CCSC3)CC4)ccc2s1. The first-order chi connectivity index (χ1) is 12.6. The maximum atomic E-state index is 12.8. The summed E-state index contributed by atoms with van der Waals surface area (Å²) in [5.74, 6) is 3.03. The Morgan fingerprint density at radius 3 is 2.96 bits per heavy atom. The summed E-state index contributed by atoms with van der Waals surface area (Å²) in [5.41, 5.74) is 2.15. The van der Waals surface area contributed by atoms with Crippen LogP contribution < -0.4 is 5.32 Å². The van der Waals surface area contributed by atoms with Crippen molar-refractivity contribution in [1.29, 1.82) is 0 Å². The second kappa shape index (κ2) is 6.50. The Hall–Kier alpha value is -1.11. The molecule has 1 N–H and O–H groups in total. The number of aryl methyl sites for hydroxylation is 1. The van der Waals surface area contributed by atoms with Crippen LogP contribution in [0.5, 0.6) is 0 Å². The molecular weight excluding hydrogens is 362 g/mol. The van der Waals surface area contributed by atoms with Crippen LogP contribution >= 0.6 is 23.1 Å². The van der Waals surface area contributed by atoms with Gasteiger partial charge in [0.05, 0.1) is 15.2 Å². The lowest BCUT2D eigenvalue weighted by Crippen LogP contribution is -2.42. The monoisotopic (exact) mass is 387 g/mol. The number of carbonyl (C=O) groups is 1. The van der Waals surface area contributed by atoms with Gasteiger partial charge in [-0.3, -0.25) is 9.69 Å². The quantitative estimate of drug-likeness (QED) is 0.859. The fourth-order valence-corrected chi connectivity index (χ4v) is 6.83. The van der Waals surface area contributed by atoms with E-state index in [0.717, 1.165) is 28.7 Å². The van der Waals surface area contributed by atoms with Crippen LogP contribution in [0.1, 0.15) is 30.7 Å². The Morgan fingerprint density at radius 2 is 2.19 bits per heavy atom. The average Bonchev–Trinajstić information content (AvgIpc) is 3.00. The number of anilines is 1. The van der Waals surface area contributed by atoms with Crippen molar-refractivity contribution >= 4 is 44.9 Å². The number of hydrogen-bond donors (Lipinski definition) is 1. The number of benzene rings is 1. The van der Waals surface area contributed by atoms with Gasteiger partial charge in [0.15, 0.2) is 0 Å². The first kappa shape index (κ1) is 17.0. The smallest absolute Gasteiger partial charge is 0.228 e. The molecule has 2 aliphatic heterocycles. The molecule has 138 valence electrons. The number of aromatic nitrogens is 1. The summed E-state index contributed by atoms with van der Waals surface area (Å²) in [4.78, 5) is 20.0. The van der Waals surface area contributed by atoms with Crippen molar-refractivity contribution in [2.24, 2.45) is 11.3 Å². The molecule has 1 aliphatic carbocycles. The van der Waals surface area contributed by atoms with Gasteiger partial charge >= 0.3 is 0 Å². The second-order valence-corrected chi connectivity index (χ2v) is 10.5. The van der Waals surface area contributed by atoms with Gasteiger partial charge in [0.1, 0.15) is 0 Å². The third-order valence-corrected chi connectivity index (χ3v) is 8.58. The van der Waals surface area contributed by atoms with E-state index in [4.69, 9.17) is 0 Å². The molecule has 26 heavy (non-hydrogen) atoms. The zero-order valence-corrected chi connectivity index (χ0v) is 16.8. The number of nitrogens with one attached hydrogen (secondary N) is 1. The number of nitrogens with zero attached hydrogens (tertiary/aromatic N) is 2. The minimum atomic E-state index is 0.204. The normalized spacial score (nSPS) is 27.9. The molecule has 3 fully saturated rings. The van der Waals surface area contributed by atoms with Crippen LogP contribution in [0.2, 0.25) is 0 Å². The molecule has 2 atom stereocenters. The molecule has 5 rings (SSSR count). The predicted octanol–water partition coefficient (Wildman–Crippen LogP) is 4.15. The third kappa shape index (κ3) is 3.06. The van der Waals surface area contributed by atoms with E-state index >= 15 is 0 Å². The highest BCUT2D eigenvalue weighted by atomic mass is 32.2. The van der Waals surface area contributed by atoms with Crippen LogP contribution in [0.3, 0.4) is 0 Å². The number of hydrogen-bond acceptors (Lipinski definition) is 5. The van der Waals surface area contributed by atoms with E-state index in [-0.39, 0.29) is 17.2 Å². The number of fused-ring (bicyclic) bond motifs is 1. The van der Waals surface area contributed by atoms with E-state index in [2.05, 4.69) is 33.0 Å². The third-order valence-electron chi connectivity index (χ3n) is 6.48. The summed E-state index contributed by atoms with van der Waals surface area (Å²) < 4.78 is 1.18. The predicted molar refractivity (Wildman–Crippen MR) is 110 cm³/mol. The van der Waals surface area contributed by atoms with Crippen LogP contribution in [-0.2, 0) is 4.79 Å². The molecule has 1 aromatic heterocycles. The zero-order chi connectivity index (χ0) is 17.7. The van der Waals surface area contributed by atoms with Crippen molar-refractivity contribution in [2.45, 2.75) is 38.6 Å². The first-order valence-electron chi connectivity index (χ1n) is 9.63. The number of likely N-dealkylation sites (tertiary alicyclic amines) is 1. The molecule has 1 amide bonds. The lowest BCUT2D eigenvalue weighted by atomic mass is 9.89. The molecule has 1 spiro atoms. The summed E-state index contributed by atoms with van der Waals surface area (Å²) in [7, 11) is 0. The van der Waals surface area contributed by atoms with E-state index in [1.54, 1.807) is 11.3 Å². The number of amides is 1. The molecule has 4 nitrogen and oxygen atoms in total. The summed E-state index contributed by atoms with van der Waals surface area (Å²) in [6.07, 6.45) is 4.80. The van der Waals surface area contributed by atoms with Crippen LogP contribution in [0.25, 0.3) is 10.2 Å². The lowest BCUT2D eigenvalue weighted by Gasteiger charge is -2.36. The van der Waals surface area contributed by atoms with Gasteiger partial charge in [-0.2, -0.15) is 11.8 Å². The average molecular weight is 388 g/mol.